The highest BCUT2D eigenvalue weighted by Gasteiger charge is 2.35. The Balaban J connectivity index is 1.71. The zero-order valence-electron chi connectivity index (χ0n) is 14.3. The number of hydrogen-bond donors (Lipinski definition) is 1. The zero-order chi connectivity index (χ0) is 16.5. The number of piperidine rings is 1. The number of carbonyl (C=O) groups excluding carboxylic acids is 1. The topological polar surface area (TPSA) is 36.1 Å². The van der Waals surface area contributed by atoms with Gasteiger partial charge in [0.2, 0.25) is 0 Å². The van der Waals surface area contributed by atoms with E-state index in [1.54, 1.807) is 5.56 Å². The monoisotopic (exact) mass is 342 g/mol. The highest BCUT2D eigenvalue weighted by atomic mass is 32.2. The van der Waals surface area contributed by atoms with Crippen molar-refractivity contribution in [3.8, 4) is 0 Å². The van der Waals surface area contributed by atoms with Crippen molar-refractivity contribution in [1.82, 2.24) is 9.88 Å². The molecule has 0 amide bonds. The first kappa shape index (κ1) is 16.2. The summed E-state index contributed by atoms with van der Waals surface area (Å²) in [6.07, 6.45) is 4.90. The number of aromatic nitrogens is 1. The molecule has 0 bridgehead atoms. The molecule has 2 aliphatic rings. The minimum Gasteiger partial charge on any atom is -0.358 e. The number of H-pyrrole nitrogens is 1. The molecule has 1 aromatic carbocycles. The van der Waals surface area contributed by atoms with E-state index >= 15 is 0 Å². The number of benzene rings is 1. The largest absolute Gasteiger partial charge is 0.358 e. The van der Waals surface area contributed by atoms with Gasteiger partial charge in [0.15, 0.2) is 5.62 Å². The summed E-state index contributed by atoms with van der Waals surface area (Å²) in [5.74, 6) is 3.09. The van der Waals surface area contributed by atoms with Crippen molar-refractivity contribution in [3.63, 3.8) is 0 Å². The smallest absolute Gasteiger partial charge is 0.176 e. The van der Waals surface area contributed by atoms with Gasteiger partial charge in [0.25, 0.3) is 0 Å². The van der Waals surface area contributed by atoms with Crippen molar-refractivity contribution in [2.75, 3.05) is 25.9 Å². The normalized spacial score (nSPS) is 27.5. The highest BCUT2D eigenvalue weighted by molar-refractivity contribution is 8.11. The second-order valence-electron chi connectivity index (χ2n) is 7.53. The molecule has 24 heavy (non-hydrogen) atoms. The lowest BCUT2D eigenvalue weighted by atomic mass is 9.79. The molecule has 1 saturated heterocycles. The lowest BCUT2D eigenvalue weighted by Gasteiger charge is -2.36. The fraction of sp³-hybridized carbons (Fsp3) is 0.550. The fourth-order valence-corrected chi connectivity index (χ4v) is 5.38. The van der Waals surface area contributed by atoms with E-state index in [1.807, 2.05) is 0 Å². The third kappa shape index (κ3) is 3.02. The number of fused-ring (bicyclic) bond motifs is 4. The minimum atomic E-state index is 0.568. The van der Waals surface area contributed by atoms with Crippen LogP contribution in [0.3, 0.4) is 0 Å². The van der Waals surface area contributed by atoms with Gasteiger partial charge in [0, 0.05) is 34.8 Å². The molecule has 4 rings (SSSR count). The Morgan fingerprint density at radius 1 is 1.33 bits per heavy atom. The Hall–Kier alpha value is -1.26. The number of aromatic amines is 1. The maximum Gasteiger partial charge on any atom is 0.176 e. The quantitative estimate of drug-likeness (QED) is 0.672. The number of likely N-dealkylation sites (tertiary alicyclic amines) is 1. The zero-order valence-corrected chi connectivity index (χ0v) is 15.1. The molecule has 1 fully saturated rings. The first-order chi connectivity index (χ1) is 11.8. The standard InChI is InChI=1S/C20H26N2OS/c1-22-8-6-14-10-15(7-9-24-13-23)20-18(11-16(14)12-22)17-4-2-3-5-19(17)21-20/h2-5,13-16,21H,6-12H2,1H3/t14-,15?,16-/m1/s1. The summed E-state index contributed by atoms with van der Waals surface area (Å²) in [5.41, 5.74) is 5.27. The van der Waals surface area contributed by atoms with Crippen molar-refractivity contribution < 1.29 is 4.79 Å². The summed E-state index contributed by atoms with van der Waals surface area (Å²) in [7, 11) is 2.26. The number of carbonyl (C=O) groups is 1. The maximum absolute atomic E-state index is 10.7. The van der Waals surface area contributed by atoms with Crippen LogP contribution in [0.5, 0.6) is 0 Å². The number of hydrogen-bond acceptors (Lipinski definition) is 3. The number of rotatable bonds is 4. The number of para-hydroxylation sites is 1. The Morgan fingerprint density at radius 3 is 3.08 bits per heavy atom. The van der Waals surface area contributed by atoms with Crippen LogP contribution < -0.4 is 0 Å². The fourth-order valence-electron chi connectivity index (χ4n) is 4.86. The molecule has 3 nitrogen and oxygen atoms in total. The van der Waals surface area contributed by atoms with E-state index in [2.05, 4.69) is 41.2 Å². The third-order valence-electron chi connectivity index (χ3n) is 6.06. The van der Waals surface area contributed by atoms with E-state index in [9.17, 15) is 4.79 Å². The summed E-state index contributed by atoms with van der Waals surface area (Å²) >= 11 is 1.42. The lowest BCUT2D eigenvalue weighted by molar-refractivity contribution is 0.134. The van der Waals surface area contributed by atoms with E-state index in [1.165, 1.54) is 60.7 Å². The van der Waals surface area contributed by atoms with Crippen LogP contribution in [0.15, 0.2) is 24.3 Å². The van der Waals surface area contributed by atoms with Crippen molar-refractivity contribution in [3.05, 3.63) is 35.5 Å². The van der Waals surface area contributed by atoms with E-state index in [4.69, 9.17) is 0 Å². The Morgan fingerprint density at radius 2 is 2.21 bits per heavy atom. The Bertz CT molecular complexity index is 725. The van der Waals surface area contributed by atoms with Crippen LogP contribution in [0.4, 0.5) is 0 Å². The molecule has 2 heterocycles. The van der Waals surface area contributed by atoms with Gasteiger partial charge in [-0.25, -0.2) is 0 Å². The van der Waals surface area contributed by atoms with Gasteiger partial charge in [-0.2, -0.15) is 0 Å². The van der Waals surface area contributed by atoms with Crippen molar-refractivity contribution >= 4 is 28.3 Å². The maximum atomic E-state index is 10.7. The number of nitrogens with one attached hydrogen (secondary N) is 1. The van der Waals surface area contributed by atoms with Gasteiger partial charge in [-0.3, -0.25) is 4.79 Å². The van der Waals surface area contributed by atoms with Crippen LogP contribution in [0.25, 0.3) is 10.9 Å². The van der Waals surface area contributed by atoms with E-state index in [-0.39, 0.29) is 0 Å². The summed E-state index contributed by atoms with van der Waals surface area (Å²) < 4.78 is 0. The highest BCUT2D eigenvalue weighted by Crippen LogP contribution is 2.43. The van der Waals surface area contributed by atoms with Crippen LogP contribution in [0.2, 0.25) is 0 Å². The molecule has 128 valence electrons. The van der Waals surface area contributed by atoms with Crippen molar-refractivity contribution in [2.45, 2.75) is 31.6 Å². The molecule has 0 spiro atoms. The van der Waals surface area contributed by atoms with Gasteiger partial charge in [-0.05, 0) is 62.7 Å². The second-order valence-corrected chi connectivity index (χ2v) is 8.46. The molecule has 0 saturated carbocycles. The first-order valence-corrected chi connectivity index (χ1v) is 10.1. The molecule has 1 N–H and O–H groups in total. The first-order valence-electron chi connectivity index (χ1n) is 9.09. The number of nitrogens with zero attached hydrogens (tertiary/aromatic N) is 1. The average Bonchev–Trinajstić information content (AvgIpc) is 2.87. The van der Waals surface area contributed by atoms with E-state index < -0.39 is 0 Å². The Kier molecular flexibility index (Phi) is 4.68. The Labute approximate surface area is 148 Å². The van der Waals surface area contributed by atoms with E-state index in [0.29, 0.717) is 5.92 Å². The van der Waals surface area contributed by atoms with Crippen LogP contribution in [-0.2, 0) is 11.2 Å². The molecule has 1 unspecified atom stereocenters. The summed E-state index contributed by atoms with van der Waals surface area (Å²) in [6.45, 7) is 2.45. The second kappa shape index (κ2) is 6.93. The van der Waals surface area contributed by atoms with Crippen LogP contribution in [0, 0.1) is 11.8 Å². The summed E-state index contributed by atoms with van der Waals surface area (Å²) in [6, 6.07) is 8.75. The van der Waals surface area contributed by atoms with Crippen LogP contribution in [0.1, 0.15) is 36.4 Å². The molecular formula is C20H26N2OS. The third-order valence-corrected chi connectivity index (χ3v) is 6.66. The summed E-state index contributed by atoms with van der Waals surface area (Å²) in [5, 5.41) is 1.41. The minimum absolute atomic E-state index is 0.568. The molecule has 0 radical (unpaired) electrons. The van der Waals surface area contributed by atoms with Gasteiger partial charge in [-0.1, -0.05) is 30.0 Å². The molecule has 3 atom stereocenters. The molecular weight excluding hydrogens is 316 g/mol. The predicted octanol–water partition coefficient (Wildman–Crippen LogP) is 4.08. The predicted molar refractivity (Wildman–Crippen MR) is 102 cm³/mol. The summed E-state index contributed by atoms with van der Waals surface area (Å²) in [4.78, 5) is 17.0. The molecule has 2 aromatic rings. The van der Waals surface area contributed by atoms with Gasteiger partial charge >= 0.3 is 0 Å². The van der Waals surface area contributed by atoms with E-state index in [0.717, 1.165) is 29.6 Å². The van der Waals surface area contributed by atoms with Gasteiger partial charge in [0.1, 0.15) is 0 Å². The van der Waals surface area contributed by atoms with Crippen molar-refractivity contribution in [1.29, 1.82) is 0 Å². The number of thioether (sulfide) groups is 1. The molecule has 1 aliphatic carbocycles. The average molecular weight is 343 g/mol. The van der Waals surface area contributed by atoms with Gasteiger partial charge < -0.3 is 9.88 Å². The molecule has 1 aromatic heterocycles. The van der Waals surface area contributed by atoms with Crippen molar-refractivity contribution in [2.24, 2.45) is 11.8 Å². The SMILES string of the molecule is CN1CC[C@@H]2CC(CCSC=O)c3[nH]c4ccccc4c3C[C@@H]2C1. The van der Waals surface area contributed by atoms with Crippen LogP contribution >= 0.6 is 11.8 Å². The molecule has 4 heteroatoms. The molecule has 1 aliphatic heterocycles. The van der Waals surface area contributed by atoms with Crippen LogP contribution in [-0.4, -0.2) is 41.4 Å². The lowest BCUT2D eigenvalue weighted by Crippen LogP contribution is -2.38. The van der Waals surface area contributed by atoms with Gasteiger partial charge in [-0.15, -0.1) is 0 Å². The van der Waals surface area contributed by atoms with Gasteiger partial charge in [0.05, 0.1) is 0 Å².